The van der Waals surface area contributed by atoms with E-state index in [0.29, 0.717) is 21.8 Å². The van der Waals surface area contributed by atoms with Crippen LogP contribution in [0, 0.1) is 13.8 Å². The number of carbonyl (C=O) groups is 1. The van der Waals surface area contributed by atoms with Crippen LogP contribution in [0.4, 0.5) is 11.4 Å². The highest BCUT2D eigenvalue weighted by molar-refractivity contribution is 7.93. The van der Waals surface area contributed by atoms with Gasteiger partial charge >= 0.3 is 0 Å². The quantitative estimate of drug-likeness (QED) is 0.756. The van der Waals surface area contributed by atoms with E-state index in [1.807, 2.05) is 0 Å². The van der Waals surface area contributed by atoms with Crippen molar-refractivity contribution in [1.82, 2.24) is 0 Å². The number of ether oxygens (including phenoxy) is 1. The molecule has 0 atom stereocenters. The molecule has 140 valence electrons. The van der Waals surface area contributed by atoms with Gasteiger partial charge in [0.2, 0.25) is 5.91 Å². The molecule has 2 aromatic carbocycles. The van der Waals surface area contributed by atoms with Crippen molar-refractivity contribution in [3.63, 3.8) is 0 Å². The Morgan fingerprint density at radius 2 is 1.81 bits per heavy atom. The van der Waals surface area contributed by atoms with Crippen molar-refractivity contribution in [2.75, 3.05) is 17.1 Å². The van der Waals surface area contributed by atoms with Crippen LogP contribution in [-0.2, 0) is 14.8 Å². The lowest BCUT2D eigenvalue weighted by molar-refractivity contribution is -0.114. The predicted molar refractivity (Wildman–Crippen MR) is 104 cm³/mol. The van der Waals surface area contributed by atoms with Gasteiger partial charge in [-0.2, -0.15) is 0 Å². The fraction of sp³-hybridized carbons (Fsp3) is 0.235. The van der Waals surface area contributed by atoms with E-state index < -0.39 is 10.0 Å². The molecule has 2 aromatic rings. The van der Waals surface area contributed by atoms with Gasteiger partial charge in [-0.1, -0.05) is 23.2 Å². The Labute approximate surface area is 162 Å². The lowest BCUT2D eigenvalue weighted by atomic mass is 10.2. The maximum atomic E-state index is 13.0. The Bertz CT molecular complexity index is 949. The van der Waals surface area contributed by atoms with Crippen LogP contribution in [0.5, 0.6) is 5.75 Å². The van der Waals surface area contributed by atoms with Gasteiger partial charge in [-0.25, -0.2) is 8.42 Å². The number of hydrogen-bond acceptors (Lipinski definition) is 4. The Kier molecular flexibility index (Phi) is 6.05. The second kappa shape index (κ2) is 7.73. The van der Waals surface area contributed by atoms with Crippen LogP contribution in [0.15, 0.2) is 29.2 Å². The SMILES string of the molecule is COc1ccc(NC(C)=O)cc1NS(=O)(=O)c1c(C)c(Cl)cc(C)c1Cl. The van der Waals surface area contributed by atoms with E-state index in [9.17, 15) is 13.2 Å². The van der Waals surface area contributed by atoms with Crippen molar-refractivity contribution in [3.05, 3.63) is 45.4 Å². The first kappa shape index (κ1) is 20.4. The van der Waals surface area contributed by atoms with Crippen molar-refractivity contribution >= 4 is 50.5 Å². The number of halogens is 2. The third-order valence-electron chi connectivity index (χ3n) is 3.62. The highest BCUT2D eigenvalue weighted by Gasteiger charge is 2.25. The zero-order valence-electron chi connectivity index (χ0n) is 14.6. The van der Waals surface area contributed by atoms with Crippen LogP contribution in [0.3, 0.4) is 0 Å². The molecular formula is C17H18Cl2N2O4S. The molecule has 0 aromatic heterocycles. The lowest BCUT2D eigenvalue weighted by Gasteiger charge is -2.17. The summed E-state index contributed by atoms with van der Waals surface area (Å²) in [5, 5.41) is 2.98. The highest BCUT2D eigenvalue weighted by atomic mass is 35.5. The average molecular weight is 417 g/mol. The number of benzene rings is 2. The van der Waals surface area contributed by atoms with Gasteiger partial charge in [-0.15, -0.1) is 0 Å². The van der Waals surface area contributed by atoms with E-state index in [2.05, 4.69) is 10.0 Å². The van der Waals surface area contributed by atoms with Gasteiger partial charge in [0.1, 0.15) is 10.6 Å². The molecule has 2 rings (SSSR count). The molecule has 0 fully saturated rings. The van der Waals surface area contributed by atoms with Crippen molar-refractivity contribution in [2.45, 2.75) is 25.7 Å². The maximum absolute atomic E-state index is 13.0. The molecule has 0 aliphatic heterocycles. The Balaban J connectivity index is 2.56. The molecule has 9 heteroatoms. The highest BCUT2D eigenvalue weighted by Crippen LogP contribution is 2.36. The number of carbonyl (C=O) groups excluding carboxylic acids is 1. The average Bonchev–Trinajstić information content (AvgIpc) is 2.52. The lowest BCUT2D eigenvalue weighted by Crippen LogP contribution is -2.16. The second-order valence-corrected chi connectivity index (χ2v) is 8.05. The maximum Gasteiger partial charge on any atom is 0.263 e. The second-order valence-electron chi connectivity index (χ2n) is 5.65. The number of amides is 1. The summed E-state index contributed by atoms with van der Waals surface area (Å²) in [6.07, 6.45) is 0. The topological polar surface area (TPSA) is 84.5 Å². The molecule has 0 unspecified atom stereocenters. The van der Waals surface area contributed by atoms with Crippen LogP contribution < -0.4 is 14.8 Å². The standard InChI is InChI=1S/C17H18Cl2N2O4S/c1-9-7-13(18)10(2)17(16(9)19)26(23,24)21-14-8-12(20-11(3)22)5-6-15(14)25-4/h5-8,21H,1-4H3,(H,20,22). The molecule has 1 amide bonds. The van der Waals surface area contributed by atoms with Crippen LogP contribution in [0.1, 0.15) is 18.1 Å². The largest absolute Gasteiger partial charge is 0.495 e. The van der Waals surface area contributed by atoms with Crippen molar-refractivity contribution in [2.24, 2.45) is 0 Å². The minimum atomic E-state index is -4.06. The Morgan fingerprint density at radius 1 is 1.15 bits per heavy atom. The van der Waals surface area contributed by atoms with Gasteiger partial charge in [-0.3, -0.25) is 9.52 Å². The summed E-state index contributed by atoms with van der Waals surface area (Å²) in [7, 11) is -2.65. The van der Waals surface area contributed by atoms with E-state index in [4.69, 9.17) is 27.9 Å². The summed E-state index contributed by atoms with van der Waals surface area (Å²) in [6, 6.07) is 6.20. The van der Waals surface area contributed by atoms with Gasteiger partial charge in [0.15, 0.2) is 0 Å². The summed E-state index contributed by atoms with van der Waals surface area (Å²) in [4.78, 5) is 11.1. The molecule has 26 heavy (non-hydrogen) atoms. The first-order chi connectivity index (χ1) is 12.1. The Morgan fingerprint density at radius 3 is 2.38 bits per heavy atom. The number of hydrogen-bond donors (Lipinski definition) is 2. The van der Waals surface area contributed by atoms with Crippen molar-refractivity contribution in [1.29, 1.82) is 0 Å². The summed E-state index contributed by atoms with van der Waals surface area (Å²) in [5.41, 5.74) is 1.46. The zero-order valence-corrected chi connectivity index (χ0v) is 16.9. The summed E-state index contributed by atoms with van der Waals surface area (Å²) in [5.74, 6) is 0.00327. The minimum Gasteiger partial charge on any atom is -0.495 e. The third kappa shape index (κ3) is 4.23. The van der Waals surface area contributed by atoms with Crippen LogP contribution in [-0.4, -0.2) is 21.4 Å². The van der Waals surface area contributed by atoms with Gasteiger partial charge in [0.05, 0.1) is 17.8 Å². The summed E-state index contributed by atoms with van der Waals surface area (Å²) in [6.45, 7) is 4.60. The van der Waals surface area contributed by atoms with Gasteiger partial charge in [-0.05, 0) is 49.2 Å². The molecule has 0 radical (unpaired) electrons. The van der Waals surface area contributed by atoms with Crippen molar-refractivity contribution in [3.8, 4) is 5.75 Å². The predicted octanol–water partition coefficient (Wildman–Crippen LogP) is 4.38. The molecule has 6 nitrogen and oxygen atoms in total. The number of sulfonamides is 1. The molecule has 2 N–H and O–H groups in total. The smallest absolute Gasteiger partial charge is 0.263 e. The van der Waals surface area contributed by atoms with E-state index in [1.54, 1.807) is 32.0 Å². The molecule has 0 aliphatic rings. The minimum absolute atomic E-state index is 0.0939. The molecule has 0 heterocycles. The fourth-order valence-corrected chi connectivity index (χ4v) is 4.67. The molecule has 0 saturated carbocycles. The number of rotatable bonds is 5. The number of nitrogens with one attached hydrogen (secondary N) is 2. The first-order valence-electron chi connectivity index (χ1n) is 7.50. The fourth-order valence-electron chi connectivity index (χ4n) is 2.40. The molecule has 0 saturated heterocycles. The van der Waals surface area contributed by atoms with Crippen LogP contribution in [0.2, 0.25) is 10.0 Å². The molecular weight excluding hydrogens is 399 g/mol. The van der Waals surface area contributed by atoms with E-state index in [-0.39, 0.29) is 27.3 Å². The van der Waals surface area contributed by atoms with E-state index in [1.165, 1.54) is 20.1 Å². The monoisotopic (exact) mass is 416 g/mol. The van der Waals surface area contributed by atoms with Gasteiger partial charge < -0.3 is 10.1 Å². The van der Waals surface area contributed by atoms with Crippen molar-refractivity contribution < 1.29 is 17.9 Å². The normalized spacial score (nSPS) is 11.2. The first-order valence-corrected chi connectivity index (χ1v) is 9.74. The van der Waals surface area contributed by atoms with Gasteiger partial charge in [0.25, 0.3) is 10.0 Å². The molecule has 0 spiro atoms. The molecule has 0 aliphatic carbocycles. The van der Waals surface area contributed by atoms with E-state index >= 15 is 0 Å². The van der Waals surface area contributed by atoms with Gasteiger partial charge in [0, 0.05) is 17.6 Å². The number of methoxy groups -OCH3 is 1. The third-order valence-corrected chi connectivity index (χ3v) is 6.15. The summed E-state index contributed by atoms with van der Waals surface area (Å²) < 4.78 is 33.6. The van der Waals surface area contributed by atoms with Crippen LogP contribution in [0.25, 0.3) is 0 Å². The Hall–Kier alpha value is -1.96. The number of aryl methyl sites for hydroxylation is 1. The van der Waals surface area contributed by atoms with E-state index in [0.717, 1.165) is 0 Å². The molecule has 0 bridgehead atoms. The number of anilines is 2. The zero-order chi connectivity index (χ0) is 19.6. The van der Waals surface area contributed by atoms with Crippen LogP contribution >= 0.6 is 23.2 Å². The summed E-state index contributed by atoms with van der Waals surface area (Å²) >= 11 is 12.3.